The summed E-state index contributed by atoms with van der Waals surface area (Å²) in [6.07, 6.45) is 4.95. The van der Waals surface area contributed by atoms with Gasteiger partial charge in [0.05, 0.1) is 67.4 Å². The van der Waals surface area contributed by atoms with Crippen LogP contribution in [-0.4, -0.2) is 65.6 Å². The fourth-order valence-corrected chi connectivity index (χ4v) is 10.5. The van der Waals surface area contributed by atoms with E-state index in [1.54, 1.807) is 18.2 Å². The number of rotatable bonds is 5. The summed E-state index contributed by atoms with van der Waals surface area (Å²) < 4.78 is 13.4. The number of nitrogens with two attached hydrogens (primary N) is 1. The molecule has 2 N–H and O–H groups in total. The number of halogens is 8. The van der Waals surface area contributed by atoms with Crippen LogP contribution in [0.3, 0.4) is 0 Å². The topological polar surface area (TPSA) is 139 Å². The van der Waals surface area contributed by atoms with Crippen LogP contribution in [0.5, 0.6) is 0 Å². The van der Waals surface area contributed by atoms with Gasteiger partial charge < -0.3 is 21.4 Å². The molecule has 0 saturated heterocycles. The molecule has 0 saturated carbocycles. The zero-order valence-corrected chi connectivity index (χ0v) is 48.3. The third kappa shape index (κ3) is 18.0. The minimum absolute atomic E-state index is 0. The molecule has 1 radical (unpaired) electrons. The molecular weight excluding hydrogens is 1070 g/mol. The van der Waals surface area contributed by atoms with Gasteiger partial charge in [0, 0.05) is 39.3 Å². The van der Waals surface area contributed by atoms with Crippen molar-refractivity contribution in [1.29, 1.82) is 0 Å². The number of hydrogen-bond acceptors (Lipinski definition) is 9. The van der Waals surface area contributed by atoms with E-state index in [0.29, 0.717) is 71.4 Å². The molecule has 1 unspecified atom stereocenters. The summed E-state index contributed by atoms with van der Waals surface area (Å²) in [5, 5.41) is 4.05. The van der Waals surface area contributed by atoms with Gasteiger partial charge in [0.25, 0.3) is 0 Å². The fraction of sp³-hybridized carbons (Fsp3) is 0.408. The first-order valence-corrected chi connectivity index (χ1v) is 26.5. The zero-order chi connectivity index (χ0) is 50.3. The number of benzene rings is 4. The standard InChI is InChI=1S/C11H8Cl2O3.C11H10Cl2O2.C9H9Cl2N.C9H6Cl2O.C6H15Si.C3H6O2.Na.H/c1-16-11(15)7-2-5-3-8(12)9(13)4-6(5)10(7)14;1-15-11(14)8-2-6-4-9(12)10(13)5-7(6)3-8;10-8-3-5-1-7(12)2-6(5)4-9(8)11;10-7-3-5-1-2-9(12)6(5)4-8(7)11;1-4-7(5-2)6-3;1-3(4)5-2;;/h3-4,7H,2H2,1H3;4-5,8H,2-3H2,1H3;3-4,7H,1-2,12H2;3-4H,1-2H2;4-6H2,1-3H3;1-2H3;;/q;;;;;;+1;-1. The van der Waals surface area contributed by atoms with Crippen molar-refractivity contribution in [2.75, 3.05) is 21.3 Å². The largest absolute Gasteiger partial charge is 1.00 e. The number of Topliss-reactive ketones (excluding diaryl/α,β-unsaturated/α-hetero) is 2. The van der Waals surface area contributed by atoms with E-state index in [1.807, 2.05) is 24.3 Å². The minimum atomic E-state index is -0.755. The average Bonchev–Trinajstić information content (AvgIpc) is 4.06. The molecule has 0 fully saturated rings. The normalized spacial score (nSPS) is 14.8. The molecule has 4 aliphatic rings. The van der Waals surface area contributed by atoms with Gasteiger partial charge in [-0.1, -0.05) is 132 Å². The number of aryl methyl sites for hydroxylation is 1. The van der Waals surface area contributed by atoms with Crippen molar-refractivity contribution in [3.05, 3.63) is 133 Å². The first kappa shape index (κ1) is 62.2. The molecule has 4 aliphatic carbocycles. The van der Waals surface area contributed by atoms with Gasteiger partial charge in [-0.15, -0.1) is 0 Å². The Kier molecular flexibility index (Phi) is 27.7. The maximum atomic E-state index is 11.9. The molecule has 8 rings (SSSR count). The Labute approximate surface area is 465 Å². The molecule has 365 valence electrons. The second kappa shape index (κ2) is 30.2. The molecule has 4 aromatic carbocycles. The number of hydrogen-bond donors (Lipinski definition) is 1. The minimum Gasteiger partial charge on any atom is -1.00 e. The Morgan fingerprint density at radius 2 is 0.897 bits per heavy atom. The quantitative estimate of drug-likeness (QED) is 0.0895. The fourth-order valence-electron chi connectivity index (χ4n) is 7.60. The third-order valence-electron chi connectivity index (χ3n) is 11.4. The number of fused-ring (bicyclic) bond motifs is 4. The van der Waals surface area contributed by atoms with Crippen molar-refractivity contribution in [3.8, 4) is 0 Å². The molecule has 0 amide bonds. The summed E-state index contributed by atoms with van der Waals surface area (Å²) >= 11 is 46.8. The number of ether oxygens (including phenoxy) is 3. The zero-order valence-electron chi connectivity index (χ0n) is 40.3. The Morgan fingerprint density at radius 3 is 1.26 bits per heavy atom. The predicted octanol–water partition coefficient (Wildman–Crippen LogP) is 10.8. The Bertz CT molecular complexity index is 2380. The van der Waals surface area contributed by atoms with E-state index >= 15 is 0 Å². The average molecular weight is 1120 g/mol. The molecule has 0 heterocycles. The van der Waals surface area contributed by atoms with E-state index in [0.717, 1.165) is 47.1 Å². The smallest absolute Gasteiger partial charge is 1.00 e. The van der Waals surface area contributed by atoms with E-state index in [4.69, 9.17) is 103 Å². The number of ketones is 2. The van der Waals surface area contributed by atoms with Crippen LogP contribution < -0.4 is 35.3 Å². The number of methoxy groups -OCH3 is 3. The summed E-state index contributed by atoms with van der Waals surface area (Å²) in [6, 6.07) is 18.7. The van der Waals surface area contributed by atoms with E-state index in [2.05, 4.69) is 30.2 Å². The monoisotopic (exact) mass is 1120 g/mol. The summed E-state index contributed by atoms with van der Waals surface area (Å²) in [5.74, 6) is -1.85. The molecule has 68 heavy (non-hydrogen) atoms. The second-order valence-electron chi connectivity index (χ2n) is 15.8. The van der Waals surface area contributed by atoms with Gasteiger partial charge in [-0.05, 0) is 120 Å². The number of carbonyl (C=O) groups is 5. The maximum absolute atomic E-state index is 11.9. The number of esters is 3. The van der Waals surface area contributed by atoms with Gasteiger partial charge >= 0.3 is 47.5 Å². The van der Waals surface area contributed by atoms with Crippen molar-refractivity contribution in [1.82, 2.24) is 0 Å². The summed E-state index contributed by atoms with van der Waals surface area (Å²) in [4.78, 5) is 55.4. The Hall–Kier alpha value is -1.87. The van der Waals surface area contributed by atoms with Crippen LogP contribution >= 0.6 is 92.8 Å². The maximum Gasteiger partial charge on any atom is 1.00 e. The Balaban J connectivity index is 0.000000425. The van der Waals surface area contributed by atoms with E-state index in [-0.39, 0.29) is 75.2 Å². The van der Waals surface area contributed by atoms with E-state index < -0.39 is 11.9 Å². The van der Waals surface area contributed by atoms with Crippen molar-refractivity contribution in [2.45, 2.75) is 96.8 Å². The Morgan fingerprint density at radius 1 is 0.544 bits per heavy atom. The van der Waals surface area contributed by atoms with Crippen molar-refractivity contribution >= 4 is 131 Å². The summed E-state index contributed by atoms with van der Waals surface area (Å²) in [6.45, 7) is 8.28. The van der Waals surface area contributed by atoms with Crippen LogP contribution in [0.4, 0.5) is 0 Å². The van der Waals surface area contributed by atoms with Crippen molar-refractivity contribution in [2.24, 2.45) is 17.6 Å². The van der Waals surface area contributed by atoms with Crippen LogP contribution in [-0.2, 0) is 67.1 Å². The third-order valence-corrected chi connectivity index (χ3v) is 17.3. The molecule has 19 heteroatoms. The molecule has 0 spiro atoms. The van der Waals surface area contributed by atoms with Crippen molar-refractivity contribution < 1.29 is 69.2 Å². The molecular formula is C49H55Cl8NNaO8Si. The predicted molar refractivity (Wildman–Crippen MR) is 276 cm³/mol. The number of carbonyl (C=O) groups excluding carboxylic acids is 5. The molecule has 1 atom stereocenters. The van der Waals surface area contributed by atoms with Gasteiger partial charge in [0.1, 0.15) is 5.92 Å². The van der Waals surface area contributed by atoms with Gasteiger partial charge in [-0.3, -0.25) is 24.0 Å². The van der Waals surface area contributed by atoms with Crippen LogP contribution in [0, 0.1) is 11.8 Å². The van der Waals surface area contributed by atoms with Gasteiger partial charge in [0.2, 0.25) is 0 Å². The van der Waals surface area contributed by atoms with Gasteiger partial charge in [-0.25, -0.2) is 0 Å². The first-order chi connectivity index (χ1) is 31.6. The van der Waals surface area contributed by atoms with Crippen LogP contribution in [0.2, 0.25) is 58.3 Å². The van der Waals surface area contributed by atoms with Crippen molar-refractivity contribution in [3.63, 3.8) is 0 Å². The van der Waals surface area contributed by atoms with E-state index in [1.165, 1.54) is 63.6 Å². The van der Waals surface area contributed by atoms with Crippen LogP contribution in [0.1, 0.15) is 89.6 Å². The van der Waals surface area contributed by atoms with E-state index in [9.17, 15) is 24.0 Å². The molecule has 0 aromatic heterocycles. The summed E-state index contributed by atoms with van der Waals surface area (Å²) in [7, 11) is 4.16. The summed E-state index contributed by atoms with van der Waals surface area (Å²) in [5.41, 5.74) is 13.5. The second-order valence-corrected chi connectivity index (χ2v) is 22.7. The molecule has 4 aromatic rings. The first-order valence-electron chi connectivity index (χ1n) is 21.4. The molecule has 0 aliphatic heterocycles. The molecule has 0 bridgehead atoms. The van der Waals surface area contributed by atoms with Gasteiger partial charge in [0.15, 0.2) is 11.6 Å². The van der Waals surface area contributed by atoms with Gasteiger partial charge in [-0.2, -0.15) is 0 Å². The SMILES string of the molecule is CC[Si](CC)CC.COC(=O)C1Cc2cc(Cl)c(Cl)cc2C1.COC(=O)C1Cc2cc(Cl)c(Cl)cc2C1=O.COC(C)=O.NC1Cc2cc(Cl)c(Cl)cc2C1.O=C1CCc2cc(Cl)c(Cl)cc21.[H-].[Na+]. The molecule has 9 nitrogen and oxygen atoms in total. The van der Waals surface area contributed by atoms with Crippen LogP contribution in [0.15, 0.2) is 48.5 Å². The van der Waals surface area contributed by atoms with Crippen LogP contribution in [0.25, 0.3) is 0 Å².